The fraction of sp³-hybridized carbons (Fsp3) is 0.438. The Labute approximate surface area is 124 Å². The van der Waals surface area contributed by atoms with E-state index in [1.807, 2.05) is 30.3 Å². The molecule has 0 saturated carbocycles. The average molecular weight is 288 g/mol. The fourth-order valence-corrected chi connectivity index (χ4v) is 2.80. The maximum atomic E-state index is 12.8. The molecule has 0 bridgehead atoms. The molecular weight excluding hydrogens is 268 g/mol. The summed E-state index contributed by atoms with van der Waals surface area (Å²) in [7, 11) is 0. The van der Waals surface area contributed by atoms with E-state index in [4.69, 9.17) is 0 Å². The van der Waals surface area contributed by atoms with Crippen LogP contribution in [0.2, 0.25) is 0 Å². The van der Waals surface area contributed by atoms with E-state index >= 15 is 0 Å². The Balaban J connectivity index is 2.41. The van der Waals surface area contributed by atoms with E-state index in [1.165, 1.54) is 4.90 Å². The molecule has 1 aromatic rings. The summed E-state index contributed by atoms with van der Waals surface area (Å²) in [6.07, 6.45) is 0.749. The molecule has 1 N–H and O–H groups in total. The lowest BCUT2D eigenvalue weighted by Crippen LogP contribution is -2.63. The minimum Gasteiger partial charge on any atom is -0.277 e. The second kappa shape index (κ2) is 5.68. The first-order valence-corrected chi connectivity index (χ1v) is 7.22. The van der Waals surface area contributed by atoms with Crippen molar-refractivity contribution in [1.29, 1.82) is 0 Å². The van der Waals surface area contributed by atoms with Crippen molar-refractivity contribution in [2.45, 2.75) is 39.7 Å². The van der Waals surface area contributed by atoms with Crippen LogP contribution in [0.5, 0.6) is 0 Å². The number of benzene rings is 1. The second-order valence-electron chi connectivity index (χ2n) is 5.31. The summed E-state index contributed by atoms with van der Waals surface area (Å²) in [4.78, 5) is 38.2. The van der Waals surface area contributed by atoms with Crippen molar-refractivity contribution in [3.8, 4) is 0 Å². The Hall–Kier alpha value is -2.17. The fourth-order valence-electron chi connectivity index (χ4n) is 2.80. The maximum Gasteiger partial charge on any atom is 0.331 e. The minimum atomic E-state index is -1.14. The van der Waals surface area contributed by atoms with E-state index in [1.54, 1.807) is 20.8 Å². The molecule has 1 saturated heterocycles. The first-order valence-electron chi connectivity index (χ1n) is 7.22. The van der Waals surface area contributed by atoms with E-state index in [-0.39, 0.29) is 0 Å². The van der Waals surface area contributed by atoms with E-state index in [9.17, 15) is 14.4 Å². The Morgan fingerprint density at radius 2 is 1.67 bits per heavy atom. The summed E-state index contributed by atoms with van der Waals surface area (Å²) in [6, 6.07) is 8.26. The molecule has 1 unspecified atom stereocenters. The molecule has 0 radical (unpaired) electrons. The van der Waals surface area contributed by atoms with Crippen LogP contribution in [0.4, 0.5) is 4.79 Å². The van der Waals surface area contributed by atoms with Gasteiger partial charge < -0.3 is 0 Å². The number of nitrogens with one attached hydrogen (secondary N) is 1. The van der Waals surface area contributed by atoms with Crippen molar-refractivity contribution < 1.29 is 14.4 Å². The molecule has 1 aliphatic heterocycles. The SMILES string of the molecule is CCC1(CC)C(=O)NC(=O)N(C(C)c2ccccc2)C1=O. The van der Waals surface area contributed by atoms with Crippen molar-refractivity contribution in [2.75, 3.05) is 0 Å². The summed E-state index contributed by atoms with van der Waals surface area (Å²) in [5, 5.41) is 2.33. The number of carbonyl (C=O) groups is 3. The smallest absolute Gasteiger partial charge is 0.277 e. The highest BCUT2D eigenvalue weighted by Gasteiger charge is 2.52. The van der Waals surface area contributed by atoms with E-state index in [2.05, 4.69) is 5.32 Å². The van der Waals surface area contributed by atoms with Crippen molar-refractivity contribution in [3.63, 3.8) is 0 Å². The number of imide groups is 2. The highest BCUT2D eigenvalue weighted by Crippen LogP contribution is 2.36. The van der Waals surface area contributed by atoms with Gasteiger partial charge in [0, 0.05) is 0 Å². The number of hydrogen-bond acceptors (Lipinski definition) is 3. The highest BCUT2D eigenvalue weighted by molar-refractivity contribution is 6.19. The van der Waals surface area contributed by atoms with Gasteiger partial charge in [-0.15, -0.1) is 0 Å². The van der Waals surface area contributed by atoms with Crippen LogP contribution in [-0.2, 0) is 9.59 Å². The van der Waals surface area contributed by atoms with Crippen LogP contribution < -0.4 is 5.32 Å². The van der Waals surface area contributed by atoms with Crippen LogP contribution in [0.25, 0.3) is 0 Å². The van der Waals surface area contributed by atoms with Crippen molar-refractivity contribution in [2.24, 2.45) is 5.41 Å². The van der Waals surface area contributed by atoms with Gasteiger partial charge in [-0.2, -0.15) is 0 Å². The Bertz CT molecular complexity index is 564. The molecule has 21 heavy (non-hydrogen) atoms. The number of urea groups is 1. The van der Waals surface area contributed by atoms with E-state index < -0.39 is 29.3 Å². The summed E-state index contributed by atoms with van der Waals surface area (Å²) < 4.78 is 0. The molecule has 1 atom stereocenters. The molecular formula is C16H20N2O3. The quantitative estimate of drug-likeness (QED) is 0.866. The van der Waals surface area contributed by atoms with Gasteiger partial charge >= 0.3 is 6.03 Å². The normalized spacial score (nSPS) is 19.4. The Morgan fingerprint density at radius 3 is 2.19 bits per heavy atom. The third-order valence-corrected chi connectivity index (χ3v) is 4.38. The summed E-state index contributed by atoms with van der Waals surface area (Å²) >= 11 is 0. The van der Waals surface area contributed by atoms with Gasteiger partial charge in [0.05, 0.1) is 6.04 Å². The molecule has 5 nitrogen and oxygen atoms in total. The molecule has 112 valence electrons. The molecule has 0 aromatic heterocycles. The van der Waals surface area contributed by atoms with Crippen molar-refractivity contribution in [1.82, 2.24) is 10.2 Å². The number of nitrogens with zero attached hydrogens (tertiary/aromatic N) is 1. The Kier molecular flexibility index (Phi) is 4.11. The number of amides is 4. The molecule has 0 aliphatic carbocycles. The van der Waals surface area contributed by atoms with Gasteiger partial charge in [-0.05, 0) is 25.3 Å². The van der Waals surface area contributed by atoms with Gasteiger partial charge in [-0.1, -0.05) is 44.2 Å². The van der Waals surface area contributed by atoms with E-state index in [0.29, 0.717) is 12.8 Å². The maximum absolute atomic E-state index is 12.8. The van der Waals surface area contributed by atoms with Gasteiger partial charge in [0.25, 0.3) is 0 Å². The molecule has 1 heterocycles. The van der Waals surface area contributed by atoms with Crippen molar-refractivity contribution in [3.05, 3.63) is 35.9 Å². The van der Waals surface area contributed by atoms with Crippen molar-refractivity contribution >= 4 is 17.8 Å². The van der Waals surface area contributed by atoms with Crippen LogP contribution in [0.15, 0.2) is 30.3 Å². The average Bonchev–Trinajstić information content (AvgIpc) is 2.49. The molecule has 1 aromatic carbocycles. The lowest BCUT2D eigenvalue weighted by molar-refractivity contribution is -0.153. The molecule has 1 aliphatic rings. The van der Waals surface area contributed by atoms with Gasteiger partial charge in [0.15, 0.2) is 0 Å². The summed E-state index contributed by atoms with van der Waals surface area (Å²) in [5.74, 6) is -0.892. The van der Waals surface area contributed by atoms with Crippen LogP contribution >= 0.6 is 0 Å². The Morgan fingerprint density at radius 1 is 1.10 bits per heavy atom. The van der Waals surface area contributed by atoms with Gasteiger partial charge in [0.1, 0.15) is 5.41 Å². The zero-order valence-corrected chi connectivity index (χ0v) is 12.6. The van der Waals surface area contributed by atoms with Gasteiger partial charge in [-0.25, -0.2) is 4.79 Å². The number of hydrogen-bond donors (Lipinski definition) is 1. The molecule has 4 amide bonds. The molecule has 1 fully saturated rings. The van der Waals surface area contributed by atoms with Gasteiger partial charge in [-0.3, -0.25) is 19.8 Å². The summed E-state index contributed by atoms with van der Waals surface area (Å²) in [5.41, 5.74) is -0.284. The minimum absolute atomic E-state index is 0.374. The van der Waals surface area contributed by atoms with Gasteiger partial charge in [0.2, 0.25) is 11.8 Å². The lowest BCUT2D eigenvalue weighted by atomic mass is 9.78. The number of barbiturate groups is 1. The monoisotopic (exact) mass is 288 g/mol. The highest BCUT2D eigenvalue weighted by atomic mass is 16.2. The molecule has 2 rings (SSSR count). The van der Waals surface area contributed by atoms with Crippen LogP contribution in [0.3, 0.4) is 0 Å². The van der Waals surface area contributed by atoms with E-state index in [0.717, 1.165) is 5.56 Å². The first kappa shape index (κ1) is 15.2. The zero-order valence-electron chi connectivity index (χ0n) is 12.6. The largest absolute Gasteiger partial charge is 0.331 e. The number of carbonyl (C=O) groups excluding carboxylic acids is 3. The van der Waals surface area contributed by atoms with Crippen LogP contribution in [0, 0.1) is 5.41 Å². The van der Waals surface area contributed by atoms with Crippen LogP contribution in [0.1, 0.15) is 45.2 Å². The second-order valence-corrected chi connectivity index (χ2v) is 5.31. The summed E-state index contributed by atoms with van der Waals surface area (Å²) in [6.45, 7) is 5.38. The predicted octanol–water partition coefficient (Wildman–Crippen LogP) is 2.63. The lowest BCUT2D eigenvalue weighted by Gasteiger charge is -2.40. The number of rotatable bonds is 4. The molecule has 0 spiro atoms. The zero-order chi connectivity index (χ0) is 15.6. The topological polar surface area (TPSA) is 66.5 Å². The first-order chi connectivity index (χ1) is 9.97. The predicted molar refractivity (Wildman–Crippen MR) is 78.3 cm³/mol. The van der Waals surface area contributed by atoms with Crippen LogP contribution in [-0.4, -0.2) is 22.7 Å². The third kappa shape index (κ3) is 2.33. The third-order valence-electron chi connectivity index (χ3n) is 4.38. The standard InChI is InChI=1S/C16H20N2O3/c1-4-16(5-2)13(19)17-15(21)18(14(16)20)11(3)12-9-7-6-8-10-12/h6-11H,4-5H2,1-3H3,(H,17,19,21). The molecule has 5 heteroatoms.